The number of hydrogen-bond donors (Lipinski definition) is 2. The van der Waals surface area contributed by atoms with Crippen molar-refractivity contribution in [3.8, 4) is 0 Å². The molecule has 0 unspecified atom stereocenters. The van der Waals surface area contributed by atoms with Gasteiger partial charge < -0.3 is 20.1 Å². The topological polar surface area (TPSA) is 78.9 Å². The summed E-state index contributed by atoms with van der Waals surface area (Å²) >= 11 is 0. The summed E-state index contributed by atoms with van der Waals surface area (Å²) in [6.45, 7) is 0.176. The monoisotopic (exact) mass is 342 g/mol. The minimum atomic E-state index is -2.70. The zero-order valence-corrected chi connectivity index (χ0v) is 13.1. The summed E-state index contributed by atoms with van der Waals surface area (Å²) < 4.78 is 31.2. The van der Waals surface area contributed by atoms with E-state index in [0.717, 1.165) is 5.56 Å². The summed E-state index contributed by atoms with van der Waals surface area (Å²) in [7, 11) is 0. The number of halogens is 2. The Morgan fingerprint density at radius 1 is 1.25 bits per heavy atom. The van der Waals surface area contributed by atoms with Gasteiger partial charge in [-0.1, -0.05) is 30.3 Å². The number of amides is 1. The summed E-state index contributed by atoms with van der Waals surface area (Å²) in [5.74, 6) is -3.93. The molecule has 0 saturated carbocycles. The smallest absolute Gasteiger partial charge is 0.408 e. The lowest BCUT2D eigenvalue weighted by molar-refractivity contribution is -0.140. The molecule has 0 spiro atoms. The number of alkyl halides is 2. The van der Waals surface area contributed by atoms with Crippen LogP contribution in [0, 0.1) is 0 Å². The van der Waals surface area contributed by atoms with Crippen molar-refractivity contribution in [3.05, 3.63) is 35.9 Å². The molecule has 1 aliphatic heterocycles. The summed E-state index contributed by atoms with van der Waals surface area (Å²) in [4.78, 5) is 24.6. The Labute approximate surface area is 138 Å². The molecule has 1 aromatic rings. The van der Waals surface area contributed by atoms with Crippen LogP contribution in [0.15, 0.2) is 30.3 Å². The molecule has 1 aromatic carbocycles. The van der Waals surface area contributed by atoms with Gasteiger partial charge in [0.25, 0.3) is 5.92 Å². The van der Waals surface area contributed by atoms with Crippen molar-refractivity contribution in [1.29, 1.82) is 0 Å². The first-order valence-electron chi connectivity index (χ1n) is 7.66. The molecule has 1 aliphatic rings. The van der Waals surface area contributed by atoms with E-state index in [1.165, 1.54) is 0 Å². The van der Waals surface area contributed by atoms with Crippen LogP contribution in [0.5, 0.6) is 0 Å². The average Bonchev–Trinajstić information content (AvgIpc) is 2.55. The summed E-state index contributed by atoms with van der Waals surface area (Å²) in [6, 6.07) is 7.75. The molecular formula is C16H20F2N2O4. The number of nitrogens with one attached hydrogen (secondary N) is 1. The van der Waals surface area contributed by atoms with Gasteiger partial charge in [0, 0.05) is 32.5 Å². The molecule has 1 heterocycles. The molecule has 8 heteroatoms. The molecule has 0 bridgehead atoms. The van der Waals surface area contributed by atoms with Gasteiger partial charge in [-0.05, 0) is 5.56 Å². The average molecular weight is 342 g/mol. The Morgan fingerprint density at radius 3 is 2.46 bits per heavy atom. The van der Waals surface area contributed by atoms with Crippen molar-refractivity contribution in [3.63, 3.8) is 0 Å². The van der Waals surface area contributed by atoms with Crippen LogP contribution in [-0.4, -0.2) is 53.7 Å². The second kappa shape index (κ2) is 8.05. The molecule has 24 heavy (non-hydrogen) atoms. The van der Waals surface area contributed by atoms with Crippen LogP contribution in [0.3, 0.4) is 0 Å². The van der Waals surface area contributed by atoms with Gasteiger partial charge in [0.05, 0.1) is 0 Å². The number of carbonyl (C=O) groups is 2. The number of alkyl carbamates (subject to hydrolysis) is 1. The van der Waals surface area contributed by atoms with Gasteiger partial charge >= 0.3 is 12.1 Å². The van der Waals surface area contributed by atoms with Crippen LogP contribution < -0.4 is 5.32 Å². The summed E-state index contributed by atoms with van der Waals surface area (Å²) in [5, 5.41) is 11.5. The molecule has 132 valence electrons. The SMILES string of the molecule is O=C(N[C@@H](CN1CCC(F)(F)CC1)C(=O)O)OCc1ccccc1. The number of piperidine rings is 1. The first-order valence-corrected chi connectivity index (χ1v) is 7.66. The number of nitrogens with zero attached hydrogens (tertiary/aromatic N) is 1. The van der Waals surface area contributed by atoms with Crippen LogP contribution in [0.4, 0.5) is 13.6 Å². The van der Waals surface area contributed by atoms with Crippen molar-refractivity contribution >= 4 is 12.1 Å². The van der Waals surface area contributed by atoms with Crippen LogP contribution >= 0.6 is 0 Å². The molecule has 0 aromatic heterocycles. The van der Waals surface area contributed by atoms with Crippen molar-refractivity contribution < 1.29 is 28.2 Å². The fourth-order valence-electron chi connectivity index (χ4n) is 2.41. The molecule has 2 N–H and O–H groups in total. The van der Waals surface area contributed by atoms with Crippen molar-refractivity contribution in [2.24, 2.45) is 0 Å². The van der Waals surface area contributed by atoms with Gasteiger partial charge in [0.2, 0.25) is 0 Å². The van der Waals surface area contributed by atoms with Gasteiger partial charge in [-0.15, -0.1) is 0 Å². The number of carboxylic acids is 1. The number of benzene rings is 1. The first-order chi connectivity index (χ1) is 11.4. The third-order valence-corrected chi connectivity index (χ3v) is 3.83. The fraction of sp³-hybridized carbons (Fsp3) is 0.500. The predicted octanol–water partition coefficient (Wildman–Crippen LogP) is 2.10. The largest absolute Gasteiger partial charge is 0.480 e. The number of carbonyl (C=O) groups excluding carboxylic acids is 1. The number of hydrogen-bond acceptors (Lipinski definition) is 4. The van der Waals surface area contributed by atoms with Crippen LogP contribution in [0.1, 0.15) is 18.4 Å². The molecule has 2 rings (SSSR count). The normalized spacial score (nSPS) is 18.6. The molecule has 0 aliphatic carbocycles. The molecule has 1 saturated heterocycles. The number of ether oxygens (including phenoxy) is 1. The maximum absolute atomic E-state index is 13.1. The van der Waals surface area contributed by atoms with E-state index in [1.807, 2.05) is 6.07 Å². The minimum Gasteiger partial charge on any atom is -0.480 e. The Hall–Kier alpha value is -2.22. The first kappa shape index (κ1) is 18.1. The quantitative estimate of drug-likeness (QED) is 0.828. The van der Waals surface area contributed by atoms with E-state index >= 15 is 0 Å². The Balaban J connectivity index is 1.80. The fourth-order valence-corrected chi connectivity index (χ4v) is 2.41. The van der Waals surface area contributed by atoms with Gasteiger partial charge in [0.1, 0.15) is 12.6 Å². The highest BCUT2D eigenvalue weighted by Crippen LogP contribution is 2.27. The zero-order chi connectivity index (χ0) is 17.6. The van der Waals surface area contributed by atoms with Crippen LogP contribution in [0.25, 0.3) is 0 Å². The molecule has 1 fully saturated rings. The van der Waals surface area contributed by atoms with E-state index in [0.29, 0.717) is 0 Å². The maximum Gasteiger partial charge on any atom is 0.408 e. The van der Waals surface area contributed by atoms with E-state index in [1.54, 1.807) is 29.2 Å². The number of rotatable bonds is 6. The highest BCUT2D eigenvalue weighted by molar-refractivity contribution is 5.80. The van der Waals surface area contributed by atoms with Crippen LogP contribution in [0.2, 0.25) is 0 Å². The highest BCUT2D eigenvalue weighted by Gasteiger charge is 2.35. The molecular weight excluding hydrogens is 322 g/mol. The lowest BCUT2D eigenvalue weighted by Crippen LogP contribution is -2.51. The van der Waals surface area contributed by atoms with E-state index in [4.69, 9.17) is 4.74 Å². The van der Waals surface area contributed by atoms with Gasteiger partial charge in [-0.3, -0.25) is 0 Å². The second-order valence-corrected chi connectivity index (χ2v) is 5.75. The van der Waals surface area contributed by atoms with Crippen molar-refractivity contribution in [2.45, 2.75) is 31.4 Å². The van der Waals surface area contributed by atoms with Crippen LogP contribution in [-0.2, 0) is 16.1 Å². The summed E-state index contributed by atoms with van der Waals surface area (Å²) in [5.41, 5.74) is 0.776. The molecule has 0 radical (unpaired) electrons. The van der Waals surface area contributed by atoms with E-state index < -0.39 is 24.0 Å². The number of likely N-dealkylation sites (tertiary alicyclic amines) is 1. The Morgan fingerprint density at radius 2 is 1.88 bits per heavy atom. The molecule has 6 nitrogen and oxygen atoms in total. The minimum absolute atomic E-state index is 0.0228. The van der Waals surface area contributed by atoms with E-state index in [2.05, 4.69) is 5.32 Å². The third kappa shape index (κ3) is 5.77. The number of aliphatic carboxylic acids is 1. The van der Waals surface area contributed by atoms with Crippen molar-refractivity contribution in [2.75, 3.05) is 19.6 Å². The van der Waals surface area contributed by atoms with Crippen molar-refractivity contribution in [1.82, 2.24) is 10.2 Å². The van der Waals surface area contributed by atoms with E-state index in [9.17, 15) is 23.5 Å². The Kier molecular flexibility index (Phi) is 6.08. The lowest BCUT2D eigenvalue weighted by atomic mass is 10.1. The van der Waals surface area contributed by atoms with Gasteiger partial charge in [-0.25, -0.2) is 18.4 Å². The maximum atomic E-state index is 13.1. The standard InChI is InChI=1S/C16H20F2N2O4/c17-16(18)6-8-20(9-7-16)10-13(14(21)22)19-15(23)24-11-12-4-2-1-3-5-12/h1-5,13H,6-11H2,(H,19,23)(H,21,22)/t13-/m0/s1. The van der Waals surface area contributed by atoms with Gasteiger partial charge in [0.15, 0.2) is 0 Å². The van der Waals surface area contributed by atoms with E-state index in [-0.39, 0.29) is 39.1 Å². The second-order valence-electron chi connectivity index (χ2n) is 5.75. The molecule has 1 atom stereocenters. The van der Waals surface area contributed by atoms with Gasteiger partial charge in [-0.2, -0.15) is 0 Å². The highest BCUT2D eigenvalue weighted by atomic mass is 19.3. The zero-order valence-electron chi connectivity index (χ0n) is 13.1. The number of carboxylic acid groups (broad SMARTS) is 1. The molecule has 1 amide bonds. The lowest BCUT2D eigenvalue weighted by Gasteiger charge is -2.33. The third-order valence-electron chi connectivity index (χ3n) is 3.83. The summed E-state index contributed by atoms with van der Waals surface area (Å²) in [6.07, 6.45) is -1.47. The Bertz CT molecular complexity index is 558. The predicted molar refractivity (Wildman–Crippen MR) is 81.8 cm³/mol.